The van der Waals surface area contributed by atoms with Crippen molar-refractivity contribution in [3.63, 3.8) is 0 Å². The van der Waals surface area contributed by atoms with Crippen LogP contribution in [0.5, 0.6) is 23.0 Å². The molecule has 0 N–H and O–H groups in total. The van der Waals surface area contributed by atoms with Crippen LogP contribution in [0.15, 0.2) is 64.6 Å². The van der Waals surface area contributed by atoms with Gasteiger partial charge in [-0.25, -0.2) is 18.0 Å². The predicted molar refractivity (Wildman–Crippen MR) is 117 cm³/mol. The van der Waals surface area contributed by atoms with Gasteiger partial charge in [-0.15, -0.1) is 0 Å². The van der Waals surface area contributed by atoms with E-state index in [9.17, 15) is 18.0 Å². The van der Waals surface area contributed by atoms with Crippen LogP contribution in [-0.4, -0.2) is 36.9 Å². The van der Waals surface area contributed by atoms with Crippen molar-refractivity contribution >= 4 is 31.8 Å². The van der Waals surface area contributed by atoms with Crippen molar-refractivity contribution in [1.29, 1.82) is 0 Å². The maximum atomic E-state index is 13.4. The van der Waals surface area contributed by atoms with Crippen LogP contribution in [0.2, 0.25) is 0 Å². The minimum absolute atomic E-state index is 0.0504. The lowest BCUT2D eigenvalue weighted by molar-refractivity contribution is 0.395. The lowest BCUT2D eigenvalue weighted by Crippen LogP contribution is -2.20. The largest absolute Gasteiger partial charge is 0.496 e. The van der Waals surface area contributed by atoms with Crippen molar-refractivity contribution in [2.45, 2.75) is 9.79 Å². The molecule has 0 spiro atoms. The maximum Gasteiger partial charge on any atom is 0.355 e. The van der Waals surface area contributed by atoms with Crippen LogP contribution in [0.3, 0.4) is 0 Å². The van der Waals surface area contributed by atoms with Gasteiger partial charge in [-0.3, -0.25) is 0 Å². The van der Waals surface area contributed by atoms with Crippen LogP contribution in [-0.2, 0) is 9.84 Å². The van der Waals surface area contributed by atoms with E-state index in [4.69, 9.17) is 27.8 Å². The number of sulfone groups is 1. The van der Waals surface area contributed by atoms with Crippen LogP contribution in [0.25, 0.3) is 21.9 Å². The Balaban J connectivity index is 2.00. The number of ether oxygens (including phenoxy) is 4. The molecule has 0 radical (unpaired) electrons. The molecule has 0 aliphatic rings. The molecule has 0 saturated heterocycles. The van der Waals surface area contributed by atoms with Crippen LogP contribution in [0.1, 0.15) is 0 Å². The second kappa shape index (κ2) is 8.17. The molecule has 0 aliphatic heterocycles. The topological polar surface area (TPSA) is 131 Å². The van der Waals surface area contributed by atoms with E-state index in [2.05, 4.69) is 0 Å². The van der Waals surface area contributed by atoms with Crippen LogP contribution >= 0.6 is 0 Å². The molecule has 4 aromatic rings. The first-order valence-corrected chi connectivity index (χ1v) is 10.9. The van der Waals surface area contributed by atoms with Crippen LogP contribution in [0, 0.1) is 0 Å². The minimum atomic E-state index is -4.65. The molecule has 2 heterocycles. The second-order valence-corrected chi connectivity index (χ2v) is 8.67. The molecule has 11 heteroatoms. The number of hydrogen-bond donors (Lipinski definition) is 0. The lowest BCUT2D eigenvalue weighted by Gasteiger charge is -2.10. The van der Waals surface area contributed by atoms with E-state index in [1.165, 1.54) is 52.7 Å². The maximum absolute atomic E-state index is 13.4. The molecule has 0 aliphatic carbocycles. The molecule has 0 atom stereocenters. The summed E-state index contributed by atoms with van der Waals surface area (Å²) in [4.78, 5) is 23.8. The molecule has 2 aromatic heterocycles. The molecule has 4 rings (SSSR count). The highest BCUT2D eigenvalue weighted by molar-refractivity contribution is 7.91. The summed E-state index contributed by atoms with van der Waals surface area (Å²) < 4.78 is 58.0. The average molecular weight is 474 g/mol. The summed E-state index contributed by atoms with van der Waals surface area (Å²) in [6.45, 7) is 0. The highest BCUT2D eigenvalue weighted by Crippen LogP contribution is 2.34. The quantitative estimate of drug-likeness (QED) is 0.384. The zero-order valence-electron chi connectivity index (χ0n) is 18.0. The zero-order chi connectivity index (χ0) is 23.9. The summed E-state index contributed by atoms with van der Waals surface area (Å²) in [5.74, 6) is 1.11. The summed E-state index contributed by atoms with van der Waals surface area (Å²) in [6, 6.07) is 8.01. The van der Waals surface area contributed by atoms with E-state index in [0.717, 1.165) is 12.1 Å². The third-order valence-electron chi connectivity index (χ3n) is 5.00. The molecule has 2 aromatic carbocycles. The zero-order valence-corrected chi connectivity index (χ0v) is 18.8. The Hall–Kier alpha value is -3.99. The highest BCUT2D eigenvalue weighted by atomic mass is 32.2. The molecule has 0 unspecified atom stereocenters. The summed E-state index contributed by atoms with van der Waals surface area (Å²) in [6.07, 6.45) is 0. The van der Waals surface area contributed by atoms with Gasteiger partial charge in [-0.1, -0.05) is 0 Å². The van der Waals surface area contributed by atoms with Gasteiger partial charge >= 0.3 is 11.3 Å². The Morgan fingerprint density at radius 1 is 0.606 bits per heavy atom. The third kappa shape index (κ3) is 3.65. The van der Waals surface area contributed by atoms with Gasteiger partial charge in [-0.2, -0.15) is 0 Å². The van der Waals surface area contributed by atoms with Crippen molar-refractivity contribution in [2.75, 3.05) is 28.4 Å². The van der Waals surface area contributed by atoms with E-state index >= 15 is 0 Å². The third-order valence-corrected chi connectivity index (χ3v) is 6.73. The Bertz CT molecular complexity index is 1500. The van der Waals surface area contributed by atoms with E-state index in [1.807, 2.05) is 0 Å². The van der Waals surface area contributed by atoms with Crippen molar-refractivity contribution in [1.82, 2.24) is 0 Å². The van der Waals surface area contributed by atoms with Gasteiger partial charge in [0, 0.05) is 24.3 Å². The van der Waals surface area contributed by atoms with Gasteiger partial charge in [0.1, 0.15) is 34.2 Å². The van der Waals surface area contributed by atoms with Crippen molar-refractivity contribution in [3.8, 4) is 23.0 Å². The average Bonchev–Trinajstić information content (AvgIpc) is 2.81. The number of methoxy groups -OCH3 is 4. The Morgan fingerprint density at radius 2 is 1.00 bits per heavy atom. The van der Waals surface area contributed by atoms with E-state index in [1.54, 1.807) is 0 Å². The first-order valence-electron chi connectivity index (χ1n) is 9.38. The first-order chi connectivity index (χ1) is 15.7. The SMILES string of the molecule is COc1cc(OC)c2cc(S(=O)(=O)c3cc4c(OC)cc(OC)cc4oc3=O)c(=O)oc2c1. The summed E-state index contributed by atoms with van der Waals surface area (Å²) in [7, 11) is 0.918. The predicted octanol–water partition coefficient (Wildman–Crippen LogP) is 2.77. The van der Waals surface area contributed by atoms with Crippen molar-refractivity contribution in [3.05, 3.63) is 57.2 Å². The molecule has 33 heavy (non-hydrogen) atoms. The van der Waals surface area contributed by atoms with Gasteiger partial charge < -0.3 is 27.8 Å². The van der Waals surface area contributed by atoms with Gasteiger partial charge in [0.25, 0.3) is 0 Å². The molecule has 172 valence electrons. The Morgan fingerprint density at radius 3 is 1.33 bits per heavy atom. The van der Waals surface area contributed by atoms with Gasteiger partial charge in [0.15, 0.2) is 9.79 Å². The molecule has 10 nitrogen and oxygen atoms in total. The highest BCUT2D eigenvalue weighted by Gasteiger charge is 2.29. The molecule has 0 saturated carbocycles. The smallest absolute Gasteiger partial charge is 0.355 e. The second-order valence-electron chi connectivity index (χ2n) is 6.78. The number of benzene rings is 2. The first kappa shape index (κ1) is 22.2. The van der Waals surface area contributed by atoms with Crippen molar-refractivity contribution < 1.29 is 36.2 Å². The van der Waals surface area contributed by atoms with Crippen LogP contribution in [0.4, 0.5) is 0 Å². The minimum Gasteiger partial charge on any atom is -0.496 e. The lowest BCUT2D eigenvalue weighted by atomic mass is 10.2. The Labute approximate surface area is 186 Å². The van der Waals surface area contributed by atoms with Crippen LogP contribution < -0.4 is 30.2 Å². The fraction of sp³-hybridized carbons (Fsp3) is 0.182. The van der Waals surface area contributed by atoms with Crippen molar-refractivity contribution in [2.24, 2.45) is 0 Å². The summed E-state index contributed by atoms with van der Waals surface area (Å²) in [5.41, 5.74) is -2.23. The van der Waals surface area contributed by atoms with E-state index in [0.29, 0.717) is 11.5 Å². The standard InChI is InChI=1S/C22H18O10S/c1-27-11-5-15(29-3)13-9-19(21(23)31-17(13)7-11)33(25,26)20-10-14-16(30-4)6-12(28-2)8-18(14)32-22(20)24/h5-10H,1-4H3. The fourth-order valence-electron chi connectivity index (χ4n) is 3.35. The normalized spacial score (nSPS) is 11.5. The summed E-state index contributed by atoms with van der Waals surface area (Å²) in [5, 5.41) is 0.396. The number of rotatable bonds is 6. The Kier molecular flexibility index (Phi) is 5.50. The molecule has 0 bridgehead atoms. The molecule has 0 fully saturated rings. The van der Waals surface area contributed by atoms with Gasteiger partial charge in [0.2, 0.25) is 9.84 Å². The summed E-state index contributed by atoms with van der Waals surface area (Å²) >= 11 is 0. The monoisotopic (exact) mass is 474 g/mol. The molecule has 0 amide bonds. The molecular formula is C22H18O10S. The fourth-order valence-corrected chi connectivity index (χ4v) is 4.66. The number of fused-ring (bicyclic) bond motifs is 2. The van der Waals surface area contributed by atoms with Gasteiger partial charge in [0.05, 0.1) is 39.2 Å². The van der Waals surface area contributed by atoms with E-state index < -0.39 is 30.9 Å². The number of hydrogen-bond acceptors (Lipinski definition) is 10. The van der Waals surface area contributed by atoms with Gasteiger partial charge in [-0.05, 0) is 12.1 Å². The van der Waals surface area contributed by atoms with E-state index in [-0.39, 0.29) is 33.4 Å². The molecular weight excluding hydrogens is 456 g/mol.